The van der Waals surface area contributed by atoms with Crippen molar-refractivity contribution in [1.29, 1.82) is 0 Å². The van der Waals surface area contributed by atoms with E-state index in [2.05, 4.69) is 4.98 Å². The Labute approximate surface area is 182 Å². The van der Waals surface area contributed by atoms with Crippen molar-refractivity contribution in [2.24, 2.45) is 0 Å². The number of aromatic hydroxyl groups is 1. The van der Waals surface area contributed by atoms with E-state index in [9.17, 15) is 23.1 Å². The molecule has 0 bridgehead atoms. The van der Waals surface area contributed by atoms with Crippen LogP contribution in [0.2, 0.25) is 4.47 Å². The van der Waals surface area contributed by atoms with E-state index in [-0.39, 0.29) is 23.0 Å². The standard InChI is InChI=1S/C21H13ClF3N3O2S/c22-20-26-10-15(31-20)14-7-6-11-4-2-8-27-17(11)28(14)19(30)16(18(27)29)12-3-1-5-13(9-12)21(23,24)25/h1-5,8-10,14H,6-7H2/p+1. The molecule has 0 amide bonds. The number of benzene rings is 1. The number of rotatable bonds is 2. The van der Waals surface area contributed by atoms with Gasteiger partial charge in [0.1, 0.15) is 6.04 Å². The van der Waals surface area contributed by atoms with E-state index in [1.54, 1.807) is 23.0 Å². The fourth-order valence-electron chi connectivity index (χ4n) is 4.12. The number of pyridine rings is 1. The van der Waals surface area contributed by atoms with Gasteiger partial charge in [-0.1, -0.05) is 23.7 Å². The van der Waals surface area contributed by atoms with E-state index in [1.807, 2.05) is 6.07 Å². The monoisotopic (exact) mass is 464 g/mol. The zero-order valence-corrected chi connectivity index (χ0v) is 17.3. The second-order valence-corrected chi connectivity index (χ2v) is 8.89. The number of aromatic nitrogens is 3. The van der Waals surface area contributed by atoms with E-state index in [4.69, 9.17) is 11.6 Å². The molecule has 4 aromatic rings. The molecular formula is C21H14ClF3N3O2S+. The van der Waals surface area contributed by atoms with Gasteiger partial charge < -0.3 is 5.11 Å². The SMILES string of the molecule is O=c1c(-c2cccc(C(F)(F)F)c2)c(O)n2c3c(ccc[n+]13)CCC2c1cnc(Cl)s1. The predicted molar refractivity (Wildman–Crippen MR) is 110 cm³/mol. The van der Waals surface area contributed by atoms with Crippen molar-refractivity contribution in [3.05, 3.63) is 79.6 Å². The first kappa shape index (κ1) is 20.0. The van der Waals surface area contributed by atoms with Crippen LogP contribution in [0.4, 0.5) is 13.2 Å². The van der Waals surface area contributed by atoms with Crippen molar-refractivity contribution in [3.63, 3.8) is 0 Å². The molecule has 1 aliphatic heterocycles. The fraction of sp³-hybridized carbons (Fsp3) is 0.190. The van der Waals surface area contributed by atoms with Crippen LogP contribution >= 0.6 is 22.9 Å². The topological polar surface area (TPSA) is 59.2 Å². The van der Waals surface area contributed by atoms with Crippen LogP contribution < -0.4 is 9.96 Å². The largest absolute Gasteiger partial charge is 0.477 e. The Morgan fingerprint density at radius 1 is 1.26 bits per heavy atom. The first-order valence-corrected chi connectivity index (χ1v) is 10.5. The minimum atomic E-state index is -4.57. The maximum atomic E-state index is 13.3. The van der Waals surface area contributed by atoms with Crippen LogP contribution in [0, 0.1) is 0 Å². The molecule has 1 unspecified atom stereocenters. The van der Waals surface area contributed by atoms with E-state index in [0.29, 0.717) is 23.0 Å². The smallest absolute Gasteiger partial charge is 0.416 e. The first-order valence-electron chi connectivity index (χ1n) is 9.35. The van der Waals surface area contributed by atoms with Crippen LogP contribution in [-0.4, -0.2) is 14.7 Å². The Balaban J connectivity index is 1.84. The van der Waals surface area contributed by atoms with Gasteiger partial charge in [0.25, 0.3) is 11.5 Å². The van der Waals surface area contributed by atoms with Crippen LogP contribution in [0.15, 0.2) is 53.6 Å². The minimum Gasteiger partial charge on any atom is -0.477 e. The number of halogens is 4. The van der Waals surface area contributed by atoms with Gasteiger partial charge in [0.15, 0.2) is 10.0 Å². The number of thiazole rings is 1. The summed E-state index contributed by atoms with van der Waals surface area (Å²) in [6.07, 6.45) is -0.134. The van der Waals surface area contributed by atoms with Crippen LogP contribution in [-0.2, 0) is 12.6 Å². The van der Waals surface area contributed by atoms with E-state index >= 15 is 0 Å². The van der Waals surface area contributed by atoms with Crippen molar-refractivity contribution in [3.8, 4) is 17.0 Å². The van der Waals surface area contributed by atoms with Gasteiger partial charge >= 0.3 is 11.7 Å². The minimum absolute atomic E-state index is 0.00691. The molecule has 10 heteroatoms. The molecule has 0 aliphatic carbocycles. The molecule has 3 aromatic heterocycles. The van der Waals surface area contributed by atoms with Gasteiger partial charge in [-0.25, -0.2) is 9.78 Å². The average molecular weight is 465 g/mol. The van der Waals surface area contributed by atoms with E-state index in [0.717, 1.165) is 22.6 Å². The number of aryl methyl sites for hydroxylation is 1. The molecule has 0 saturated carbocycles. The molecule has 0 spiro atoms. The molecule has 1 aliphatic rings. The summed E-state index contributed by atoms with van der Waals surface area (Å²) < 4.78 is 43.1. The first-order chi connectivity index (χ1) is 14.8. The third kappa shape index (κ3) is 3.19. The zero-order chi connectivity index (χ0) is 21.9. The van der Waals surface area contributed by atoms with Gasteiger partial charge in [0.05, 0.1) is 16.6 Å². The lowest BCUT2D eigenvalue weighted by molar-refractivity contribution is -0.532. The van der Waals surface area contributed by atoms with E-state index in [1.165, 1.54) is 27.9 Å². The highest BCUT2D eigenvalue weighted by molar-refractivity contribution is 7.15. The number of alkyl halides is 3. The molecule has 31 heavy (non-hydrogen) atoms. The fourth-order valence-corrected chi connectivity index (χ4v) is 5.20. The number of hydrogen-bond donors (Lipinski definition) is 1. The third-order valence-corrected chi connectivity index (χ3v) is 6.68. The molecule has 1 N–H and O–H groups in total. The van der Waals surface area contributed by atoms with Crippen LogP contribution in [0.3, 0.4) is 0 Å². The molecule has 5 rings (SSSR count). The summed E-state index contributed by atoms with van der Waals surface area (Å²) >= 11 is 7.27. The highest BCUT2D eigenvalue weighted by atomic mass is 35.5. The van der Waals surface area contributed by atoms with Crippen molar-refractivity contribution in [1.82, 2.24) is 9.55 Å². The van der Waals surface area contributed by atoms with Crippen molar-refractivity contribution >= 4 is 28.6 Å². The summed E-state index contributed by atoms with van der Waals surface area (Å²) in [7, 11) is 0. The quantitative estimate of drug-likeness (QED) is 0.440. The number of hydrogen-bond acceptors (Lipinski definition) is 4. The summed E-state index contributed by atoms with van der Waals surface area (Å²) in [5.74, 6) is -0.383. The lowest BCUT2D eigenvalue weighted by Crippen LogP contribution is -2.46. The Morgan fingerprint density at radius 2 is 2.06 bits per heavy atom. The Hall–Kier alpha value is -2.91. The molecule has 0 fully saturated rings. The molecule has 158 valence electrons. The summed E-state index contributed by atoms with van der Waals surface area (Å²) in [4.78, 5) is 18.1. The second-order valence-electron chi connectivity index (χ2n) is 7.25. The maximum absolute atomic E-state index is 13.3. The van der Waals surface area contributed by atoms with Gasteiger partial charge in [0, 0.05) is 11.8 Å². The molecular weight excluding hydrogens is 451 g/mol. The molecule has 0 radical (unpaired) electrons. The second kappa shape index (κ2) is 7.06. The van der Waals surface area contributed by atoms with Gasteiger partial charge in [0.2, 0.25) is 0 Å². The Bertz CT molecular complexity index is 1400. The summed E-state index contributed by atoms with van der Waals surface area (Å²) in [6, 6.07) is 7.63. The normalized spacial score (nSPS) is 16.1. The van der Waals surface area contributed by atoms with Crippen LogP contribution in [0.1, 0.15) is 28.5 Å². The van der Waals surface area contributed by atoms with Crippen LogP contribution in [0.5, 0.6) is 5.88 Å². The molecule has 1 atom stereocenters. The number of nitrogens with zero attached hydrogens (tertiary/aromatic N) is 3. The van der Waals surface area contributed by atoms with E-state index < -0.39 is 17.3 Å². The average Bonchev–Trinajstić information content (AvgIpc) is 3.17. The van der Waals surface area contributed by atoms with Crippen molar-refractivity contribution in [2.45, 2.75) is 25.1 Å². The highest BCUT2D eigenvalue weighted by Crippen LogP contribution is 2.40. The van der Waals surface area contributed by atoms with Crippen LogP contribution in [0.25, 0.3) is 16.8 Å². The van der Waals surface area contributed by atoms with Crippen molar-refractivity contribution < 1.29 is 22.7 Å². The summed E-state index contributed by atoms with van der Waals surface area (Å²) in [6.45, 7) is 0. The molecule has 5 nitrogen and oxygen atoms in total. The molecule has 4 heterocycles. The third-order valence-electron chi connectivity index (χ3n) is 5.46. The van der Waals surface area contributed by atoms with Gasteiger partial charge in [-0.3, -0.25) is 0 Å². The van der Waals surface area contributed by atoms with Gasteiger partial charge in [-0.05, 0) is 42.7 Å². The molecule has 1 aromatic carbocycles. The predicted octanol–water partition coefficient (Wildman–Crippen LogP) is 4.62. The van der Waals surface area contributed by atoms with Crippen molar-refractivity contribution in [2.75, 3.05) is 0 Å². The summed E-state index contributed by atoms with van der Waals surface area (Å²) in [5, 5.41) is 11.2. The Morgan fingerprint density at radius 3 is 2.77 bits per heavy atom. The molecule has 0 saturated heterocycles. The summed E-state index contributed by atoms with van der Waals surface area (Å²) in [5.41, 5.74) is -0.324. The van der Waals surface area contributed by atoms with Gasteiger partial charge in [-0.15, -0.1) is 11.3 Å². The highest BCUT2D eigenvalue weighted by Gasteiger charge is 2.37. The lowest BCUT2D eigenvalue weighted by Gasteiger charge is -2.23. The zero-order valence-electron chi connectivity index (χ0n) is 15.7. The van der Waals surface area contributed by atoms with Gasteiger partial charge in [-0.2, -0.15) is 22.1 Å². The lowest BCUT2D eigenvalue weighted by atomic mass is 9.98. The Kier molecular flexibility index (Phi) is 4.56. The maximum Gasteiger partial charge on any atom is 0.416 e.